The number of allylic oxidation sites excluding steroid dienone is 1. The number of hydrogen-bond donors (Lipinski definition) is 4. The van der Waals surface area contributed by atoms with Gasteiger partial charge in [-0.3, -0.25) is 28.9 Å². The second kappa shape index (κ2) is 17.6. The third kappa shape index (κ3) is 10.8. The van der Waals surface area contributed by atoms with E-state index < -0.39 is 40.7 Å². The number of carboxylic acids is 1. The Morgan fingerprint density at radius 2 is 1.73 bits per heavy atom. The van der Waals surface area contributed by atoms with Gasteiger partial charge < -0.3 is 15.5 Å². The van der Waals surface area contributed by atoms with E-state index >= 15 is 0 Å². The number of nitrogens with zero attached hydrogens (tertiary/aromatic N) is 3. The van der Waals surface area contributed by atoms with Crippen LogP contribution in [0.15, 0.2) is 102 Å². The van der Waals surface area contributed by atoms with Crippen molar-refractivity contribution in [3.63, 3.8) is 0 Å². The predicted molar refractivity (Wildman–Crippen MR) is 183 cm³/mol. The van der Waals surface area contributed by atoms with Crippen molar-refractivity contribution in [1.29, 1.82) is 0 Å². The number of imidazole rings is 1. The summed E-state index contributed by atoms with van der Waals surface area (Å²) in [6.07, 6.45) is 7.45. The van der Waals surface area contributed by atoms with Gasteiger partial charge in [-0.2, -0.15) is 0 Å². The van der Waals surface area contributed by atoms with E-state index in [1.54, 1.807) is 48.9 Å². The minimum absolute atomic E-state index is 0.0864. The van der Waals surface area contributed by atoms with E-state index in [1.165, 1.54) is 17.9 Å². The standard InChI is InChI=1S/C35H37N5O8S/c1-24(42)32(35(45)46)37-33(43)29(19-40(23-41)48-21-26-7-4-3-5-8-26)10-6-9-25-11-13-27(14-12-25)31-20-39(22-36-31)38-34(44)28-15-17-30(18-16-28)49(2)47/h3-9,11-18,20,22-24,29,32,42H,10,19,21H2,1-2H3,(H,37,43)(H,38,44)(H,45,46)/t24-,29-,32+,49?/m1/s1. The zero-order valence-electron chi connectivity index (χ0n) is 26.8. The van der Waals surface area contributed by atoms with E-state index in [4.69, 9.17) is 4.84 Å². The summed E-state index contributed by atoms with van der Waals surface area (Å²) in [6.45, 7) is 1.18. The van der Waals surface area contributed by atoms with Crippen LogP contribution in [0.1, 0.15) is 34.8 Å². The second-order valence-electron chi connectivity index (χ2n) is 11.1. The van der Waals surface area contributed by atoms with E-state index in [1.807, 2.05) is 54.6 Å². The average Bonchev–Trinajstić information content (AvgIpc) is 3.56. The number of aliphatic hydroxyl groups excluding tert-OH is 1. The maximum absolute atomic E-state index is 13.2. The van der Waals surface area contributed by atoms with E-state index in [-0.39, 0.29) is 25.5 Å². The monoisotopic (exact) mass is 687 g/mol. The summed E-state index contributed by atoms with van der Waals surface area (Å²) in [7, 11) is -1.14. The number of hydrogen-bond acceptors (Lipinski definition) is 8. The Labute approximate surface area is 285 Å². The lowest BCUT2D eigenvalue weighted by Gasteiger charge is -2.25. The Balaban J connectivity index is 1.39. The van der Waals surface area contributed by atoms with Crippen LogP contribution in [0.25, 0.3) is 17.3 Å². The number of carboxylic acid groups (broad SMARTS) is 1. The molecule has 0 saturated carbocycles. The summed E-state index contributed by atoms with van der Waals surface area (Å²) in [5, 5.41) is 22.6. The van der Waals surface area contributed by atoms with Crippen LogP contribution in [0.5, 0.6) is 0 Å². The Hall–Kier alpha value is -5.44. The van der Waals surface area contributed by atoms with Crippen LogP contribution in [-0.2, 0) is 36.6 Å². The molecule has 0 bridgehead atoms. The summed E-state index contributed by atoms with van der Waals surface area (Å²) in [6, 6.07) is 21.5. The van der Waals surface area contributed by atoms with Gasteiger partial charge in [0, 0.05) is 33.1 Å². The fourth-order valence-electron chi connectivity index (χ4n) is 4.65. The molecule has 0 aliphatic rings. The van der Waals surface area contributed by atoms with Crippen molar-refractivity contribution in [3.05, 3.63) is 114 Å². The first kappa shape index (κ1) is 36.4. The number of nitrogens with one attached hydrogen (secondary N) is 2. The zero-order valence-corrected chi connectivity index (χ0v) is 27.7. The van der Waals surface area contributed by atoms with Crippen molar-refractivity contribution in [2.75, 3.05) is 18.2 Å². The molecule has 1 heterocycles. The second-order valence-corrected chi connectivity index (χ2v) is 12.5. The minimum Gasteiger partial charge on any atom is -0.480 e. The van der Waals surface area contributed by atoms with E-state index in [9.17, 15) is 33.6 Å². The number of rotatable bonds is 17. The lowest BCUT2D eigenvalue weighted by atomic mass is 10.0. The maximum Gasteiger partial charge on any atom is 0.328 e. The van der Waals surface area contributed by atoms with Crippen molar-refractivity contribution in [3.8, 4) is 11.3 Å². The van der Waals surface area contributed by atoms with Crippen LogP contribution in [0.2, 0.25) is 0 Å². The van der Waals surface area contributed by atoms with E-state index in [2.05, 4.69) is 15.7 Å². The number of amides is 3. The molecular weight excluding hydrogens is 650 g/mol. The van der Waals surface area contributed by atoms with Gasteiger partial charge in [0.05, 0.1) is 30.5 Å². The Morgan fingerprint density at radius 3 is 2.35 bits per heavy atom. The fraction of sp³-hybridized carbons (Fsp3) is 0.229. The Kier molecular flexibility index (Phi) is 13.1. The average molecular weight is 688 g/mol. The van der Waals surface area contributed by atoms with Gasteiger partial charge in [-0.05, 0) is 48.7 Å². The molecule has 256 valence electrons. The van der Waals surface area contributed by atoms with Crippen molar-refractivity contribution >= 4 is 41.1 Å². The van der Waals surface area contributed by atoms with Gasteiger partial charge in [-0.25, -0.2) is 19.5 Å². The van der Waals surface area contributed by atoms with Crippen LogP contribution in [-0.4, -0.2) is 78.3 Å². The smallest absolute Gasteiger partial charge is 0.328 e. The molecule has 49 heavy (non-hydrogen) atoms. The molecule has 4 N–H and O–H groups in total. The third-order valence-corrected chi connectivity index (χ3v) is 8.31. The van der Waals surface area contributed by atoms with E-state index in [0.717, 1.165) is 21.8 Å². The molecule has 1 aromatic heterocycles. The first-order chi connectivity index (χ1) is 23.5. The highest BCUT2D eigenvalue weighted by Crippen LogP contribution is 2.19. The van der Waals surface area contributed by atoms with Crippen LogP contribution in [0.4, 0.5) is 0 Å². The van der Waals surface area contributed by atoms with Gasteiger partial charge in [0.1, 0.15) is 12.9 Å². The summed E-state index contributed by atoms with van der Waals surface area (Å²) in [4.78, 5) is 59.7. The highest BCUT2D eigenvalue weighted by molar-refractivity contribution is 7.84. The van der Waals surface area contributed by atoms with Gasteiger partial charge in [0.2, 0.25) is 12.3 Å². The Bertz CT molecular complexity index is 1780. The maximum atomic E-state index is 13.2. The highest BCUT2D eigenvalue weighted by atomic mass is 32.2. The number of benzene rings is 3. The fourth-order valence-corrected chi connectivity index (χ4v) is 5.16. The van der Waals surface area contributed by atoms with Crippen LogP contribution >= 0.6 is 0 Å². The molecular formula is C35H37N5O8S. The molecule has 4 aromatic rings. The van der Waals surface area contributed by atoms with Crippen LogP contribution in [0.3, 0.4) is 0 Å². The van der Waals surface area contributed by atoms with E-state index in [0.29, 0.717) is 22.6 Å². The normalized spacial score (nSPS) is 13.6. The minimum atomic E-state index is -1.53. The van der Waals surface area contributed by atoms with Crippen LogP contribution in [0, 0.1) is 5.92 Å². The van der Waals surface area contributed by atoms with Gasteiger partial charge in [-0.15, -0.1) is 0 Å². The van der Waals surface area contributed by atoms with Crippen LogP contribution < -0.4 is 10.7 Å². The molecule has 1 unspecified atom stereocenters. The van der Waals surface area contributed by atoms with Crippen molar-refractivity contribution in [2.45, 2.75) is 37.0 Å². The molecule has 3 aromatic carbocycles. The van der Waals surface area contributed by atoms with Gasteiger partial charge in [0.25, 0.3) is 5.91 Å². The topological polar surface area (TPSA) is 180 Å². The molecule has 3 amide bonds. The van der Waals surface area contributed by atoms with Crippen molar-refractivity contribution in [1.82, 2.24) is 20.0 Å². The Morgan fingerprint density at radius 1 is 1.04 bits per heavy atom. The SMILES string of the molecule is C[C@@H](O)[C@H](NC(=O)[C@H](CC=Cc1ccc(-c2cn(NC(=O)c3ccc(S(C)=O)cc3)cn2)cc1)CN(C=O)OCc1ccccc1)C(=O)O. The number of aliphatic carboxylic acids is 1. The summed E-state index contributed by atoms with van der Waals surface area (Å²) >= 11 is 0. The number of carbonyl (C=O) groups is 4. The largest absolute Gasteiger partial charge is 0.480 e. The molecule has 0 fully saturated rings. The number of hydroxylamine groups is 2. The molecule has 0 saturated heterocycles. The number of carbonyl (C=O) groups excluding carboxylic acids is 3. The summed E-state index contributed by atoms with van der Waals surface area (Å²) in [5.41, 5.74) is 6.14. The van der Waals surface area contributed by atoms with Crippen molar-refractivity contribution < 1.29 is 38.4 Å². The highest BCUT2D eigenvalue weighted by Gasteiger charge is 2.29. The number of aromatic nitrogens is 2. The predicted octanol–water partition coefficient (Wildman–Crippen LogP) is 3.23. The quantitative estimate of drug-likeness (QED) is 0.0958. The summed E-state index contributed by atoms with van der Waals surface area (Å²) in [5.74, 6) is -3.31. The zero-order chi connectivity index (χ0) is 35.3. The first-order valence-electron chi connectivity index (χ1n) is 15.2. The molecule has 4 rings (SSSR count). The molecule has 0 spiro atoms. The first-order valence-corrected chi connectivity index (χ1v) is 16.8. The lowest BCUT2D eigenvalue weighted by molar-refractivity contribution is -0.182. The molecule has 0 aliphatic carbocycles. The number of aliphatic hydroxyl groups is 1. The van der Waals surface area contributed by atoms with Gasteiger partial charge in [0.15, 0.2) is 6.04 Å². The molecule has 4 atom stereocenters. The lowest BCUT2D eigenvalue weighted by Crippen LogP contribution is -2.50. The molecule has 0 aliphatic heterocycles. The molecule has 14 heteroatoms. The summed E-state index contributed by atoms with van der Waals surface area (Å²) < 4.78 is 13.0. The van der Waals surface area contributed by atoms with Gasteiger partial charge in [-0.1, -0.05) is 66.7 Å². The molecule has 13 nitrogen and oxygen atoms in total. The van der Waals surface area contributed by atoms with Crippen molar-refractivity contribution in [2.24, 2.45) is 5.92 Å². The van der Waals surface area contributed by atoms with Gasteiger partial charge >= 0.3 is 5.97 Å². The molecule has 0 radical (unpaired) electrons. The third-order valence-electron chi connectivity index (χ3n) is 7.37.